The topological polar surface area (TPSA) is 59.0 Å². The van der Waals surface area contributed by atoms with Crippen molar-refractivity contribution in [2.45, 2.75) is 19.3 Å². The molecule has 6 heteroatoms. The summed E-state index contributed by atoms with van der Waals surface area (Å²) < 4.78 is 0. The van der Waals surface area contributed by atoms with Crippen LogP contribution in [0.15, 0.2) is 48.4 Å². The van der Waals surface area contributed by atoms with Gasteiger partial charge in [0.05, 0.1) is 12.1 Å². The third-order valence-electron chi connectivity index (χ3n) is 4.48. The van der Waals surface area contributed by atoms with E-state index in [1.165, 1.54) is 0 Å². The lowest BCUT2D eigenvalue weighted by Gasteiger charge is -2.19. The van der Waals surface area contributed by atoms with E-state index in [4.69, 9.17) is 0 Å². The summed E-state index contributed by atoms with van der Waals surface area (Å²) in [7, 11) is 0. The highest BCUT2D eigenvalue weighted by molar-refractivity contribution is 7.10. The minimum atomic E-state index is 0.186. The van der Waals surface area contributed by atoms with Gasteiger partial charge in [0.25, 0.3) is 0 Å². The maximum absolute atomic E-state index is 12.6. The van der Waals surface area contributed by atoms with Crippen molar-refractivity contribution in [2.24, 2.45) is 0 Å². The molecule has 0 radical (unpaired) electrons. The molecule has 0 aromatic carbocycles. The molecule has 4 heterocycles. The van der Waals surface area contributed by atoms with Crippen LogP contribution in [-0.2, 0) is 24.1 Å². The quantitative estimate of drug-likeness (QED) is 0.729. The average Bonchev–Trinajstić information content (AvgIpc) is 3.05. The highest BCUT2D eigenvalue weighted by Crippen LogP contribution is 2.25. The Bertz CT molecular complexity index is 864. The standard InChI is InChI=1S/C19H18N4OS/c24-18(11-15-4-2-10-25-15)23-8-5-16-17(6-9-23)21-13-22-19(16)14-3-1-7-20-12-14/h1-4,7,10,12-13H,5-6,8-9,11H2. The van der Waals surface area contributed by atoms with Crippen molar-refractivity contribution >= 4 is 17.2 Å². The van der Waals surface area contributed by atoms with E-state index in [9.17, 15) is 4.79 Å². The predicted molar refractivity (Wildman–Crippen MR) is 97.3 cm³/mol. The number of nitrogens with zero attached hydrogens (tertiary/aromatic N) is 4. The smallest absolute Gasteiger partial charge is 0.227 e. The third-order valence-corrected chi connectivity index (χ3v) is 5.35. The van der Waals surface area contributed by atoms with Crippen LogP contribution in [0.3, 0.4) is 0 Å². The van der Waals surface area contributed by atoms with Crippen LogP contribution in [0.4, 0.5) is 0 Å². The first-order valence-corrected chi connectivity index (χ1v) is 9.22. The molecule has 4 rings (SSSR count). The maximum atomic E-state index is 12.6. The van der Waals surface area contributed by atoms with Gasteiger partial charge in [-0.25, -0.2) is 9.97 Å². The van der Waals surface area contributed by atoms with E-state index in [0.29, 0.717) is 19.5 Å². The molecule has 0 saturated heterocycles. The molecule has 1 amide bonds. The first-order chi connectivity index (χ1) is 12.3. The molecule has 0 spiro atoms. The second-order valence-electron chi connectivity index (χ2n) is 6.03. The van der Waals surface area contributed by atoms with Crippen molar-refractivity contribution in [1.82, 2.24) is 19.9 Å². The van der Waals surface area contributed by atoms with E-state index in [2.05, 4.69) is 15.0 Å². The number of fused-ring (bicyclic) bond motifs is 1. The zero-order valence-corrected chi connectivity index (χ0v) is 14.6. The van der Waals surface area contributed by atoms with Crippen LogP contribution in [-0.4, -0.2) is 38.8 Å². The average molecular weight is 350 g/mol. The monoisotopic (exact) mass is 350 g/mol. The molecule has 0 saturated carbocycles. The van der Waals surface area contributed by atoms with Crippen LogP contribution in [0.25, 0.3) is 11.3 Å². The van der Waals surface area contributed by atoms with Crippen LogP contribution in [0.5, 0.6) is 0 Å². The molecule has 0 aliphatic carbocycles. The van der Waals surface area contributed by atoms with Gasteiger partial charge < -0.3 is 4.90 Å². The second-order valence-corrected chi connectivity index (χ2v) is 7.06. The van der Waals surface area contributed by atoms with Crippen LogP contribution in [0, 0.1) is 0 Å². The molecule has 3 aromatic heterocycles. The number of rotatable bonds is 3. The summed E-state index contributed by atoms with van der Waals surface area (Å²) in [6.45, 7) is 1.42. The maximum Gasteiger partial charge on any atom is 0.227 e. The summed E-state index contributed by atoms with van der Waals surface area (Å²) in [5.41, 5.74) is 4.12. The molecular weight excluding hydrogens is 332 g/mol. The number of carbonyl (C=O) groups excluding carboxylic acids is 1. The van der Waals surface area contributed by atoms with E-state index >= 15 is 0 Å². The van der Waals surface area contributed by atoms with E-state index in [1.54, 1.807) is 23.9 Å². The van der Waals surface area contributed by atoms with Gasteiger partial charge in [0.1, 0.15) is 6.33 Å². The molecule has 126 valence electrons. The fraction of sp³-hybridized carbons (Fsp3) is 0.263. The molecule has 25 heavy (non-hydrogen) atoms. The van der Waals surface area contributed by atoms with Gasteiger partial charge in [-0.3, -0.25) is 9.78 Å². The highest BCUT2D eigenvalue weighted by atomic mass is 32.1. The van der Waals surface area contributed by atoms with Crippen molar-refractivity contribution in [2.75, 3.05) is 13.1 Å². The Labute approximate surface area is 150 Å². The number of hydrogen-bond acceptors (Lipinski definition) is 5. The Morgan fingerprint density at radius 3 is 2.88 bits per heavy atom. The summed E-state index contributed by atoms with van der Waals surface area (Å²) in [5.74, 6) is 0.186. The third kappa shape index (κ3) is 3.44. The van der Waals surface area contributed by atoms with E-state index < -0.39 is 0 Å². The molecule has 0 N–H and O–H groups in total. The minimum Gasteiger partial charge on any atom is -0.342 e. The molecule has 0 fully saturated rings. The fourth-order valence-corrected chi connectivity index (χ4v) is 3.90. The number of pyridine rings is 1. The van der Waals surface area contributed by atoms with E-state index in [1.807, 2.05) is 40.7 Å². The summed E-state index contributed by atoms with van der Waals surface area (Å²) in [5, 5.41) is 2.01. The number of aromatic nitrogens is 3. The Hall–Kier alpha value is -2.60. The summed E-state index contributed by atoms with van der Waals surface area (Å²) in [6.07, 6.45) is 7.22. The zero-order chi connectivity index (χ0) is 17.1. The van der Waals surface area contributed by atoms with E-state index in [-0.39, 0.29) is 5.91 Å². The Kier molecular flexibility index (Phi) is 4.52. The first-order valence-electron chi connectivity index (χ1n) is 8.34. The normalized spacial score (nSPS) is 14.0. The van der Waals surface area contributed by atoms with E-state index in [0.717, 1.165) is 40.2 Å². The largest absolute Gasteiger partial charge is 0.342 e. The second kappa shape index (κ2) is 7.11. The molecule has 1 aliphatic heterocycles. The lowest BCUT2D eigenvalue weighted by molar-refractivity contribution is -0.130. The summed E-state index contributed by atoms with van der Waals surface area (Å²) in [4.78, 5) is 28.8. The SMILES string of the molecule is O=C(Cc1cccs1)N1CCc2ncnc(-c3cccnc3)c2CC1. The van der Waals surface area contributed by atoms with Crippen molar-refractivity contribution < 1.29 is 4.79 Å². The van der Waals surface area contributed by atoms with Crippen LogP contribution in [0.2, 0.25) is 0 Å². The number of hydrogen-bond donors (Lipinski definition) is 0. The first kappa shape index (κ1) is 15.9. The molecule has 3 aromatic rings. The van der Waals surface area contributed by atoms with Crippen molar-refractivity contribution in [3.8, 4) is 11.3 Å². The van der Waals surface area contributed by atoms with Crippen molar-refractivity contribution in [1.29, 1.82) is 0 Å². The van der Waals surface area contributed by atoms with Crippen molar-refractivity contribution in [3.05, 3.63) is 64.5 Å². The van der Waals surface area contributed by atoms with Gasteiger partial charge >= 0.3 is 0 Å². The molecule has 0 atom stereocenters. The summed E-state index contributed by atoms with van der Waals surface area (Å²) in [6, 6.07) is 7.93. The van der Waals surface area contributed by atoms with Crippen LogP contribution in [0.1, 0.15) is 16.1 Å². The van der Waals surface area contributed by atoms with Gasteiger partial charge in [0.15, 0.2) is 0 Å². The number of carbonyl (C=O) groups is 1. The van der Waals surface area contributed by atoms with Crippen LogP contribution < -0.4 is 0 Å². The zero-order valence-electron chi connectivity index (χ0n) is 13.8. The fourth-order valence-electron chi connectivity index (χ4n) is 3.20. The van der Waals surface area contributed by atoms with Gasteiger partial charge in [-0.1, -0.05) is 6.07 Å². The Balaban J connectivity index is 1.55. The number of thiophene rings is 1. The van der Waals surface area contributed by atoms with Gasteiger partial charge in [-0.15, -0.1) is 11.3 Å². The summed E-state index contributed by atoms with van der Waals surface area (Å²) >= 11 is 1.63. The van der Waals surface area contributed by atoms with Crippen LogP contribution >= 0.6 is 11.3 Å². The number of amides is 1. The Morgan fingerprint density at radius 1 is 1.16 bits per heavy atom. The molecule has 5 nitrogen and oxygen atoms in total. The molecular formula is C19H18N4OS. The van der Waals surface area contributed by atoms with Gasteiger partial charge in [-0.05, 0) is 30.0 Å². The van der Waals surface area contributed by atoms with Gasteiger partial charge in [0, 0.05) is 53.6 Å². The highest BCUT2D eigenvalue weighted by Gasteiger charge is 2.22. The predicted octanol–water partition coefficient (Wildman–Crippen LogP) is 2.77. The lowest BCUT2D eigenvalue weighted by atomic mass is 10.0. The minimum absolute atomic E-state index is 0.186. The molecule has 0 bridgehead atoms. The van der Waals surface area contributed by atoms with Gasteiger partial charge in [0.2, 0.25) is 5.91 Å². The van der Waals surface area contributed by atoms with Gasteiger partial charge in [-0.2, -0.15) is 0 Å². The lowest BCUT2D eigenvalue weighted by Crippen LogP contribution is -2.34. The Morgan fingerprint density at radius 2 is 2.08 bits per heavy atom. The molecule has 1 aliphatic rings. The molecule has 0 unspecified atom stereocenters. The van der Waals surface area contributed by atoms with Crippen molar-refractivity contribution in [3.63, 3.8) is 0 Å².